The maximum atomic E-state index is 13.6. The standard InChI is InChI=1S/C30H26Cl3N3O4S/c1-30(2,3)16-4-10-20-26(12-16)41-29(27(20)28(37)35-18-7-5-17(31)6-8-18)34-15-19-9-11-25(40-19)21-13-23(33)24(36(38)39)14-22(21)32/h5-9,11,13-16H,4,10,12H2,1-3H3,(H,35,37)/t16-/m0/s1. The predicted octanol–water partition coefficient (Wildman–Crippen LogP) is 10.0. The molecule has 41 heavy (non-hydrogen) atoms. The molecule has 0 spiro atoms. The molecule has 1 N–H and O–H groups in total. The van der Waals surface area contributed by atoms with Crippen molar-refractivity contribution in [2.75, 3.05) is 5.32 Å². The van der Waals surface area contributed by atoms with Crippen molar-refractivity contribution < 1.29 is 14.1 Å². The van der Waals surface area contributed by atoms with Crippen molar-refractivity contribution >= 4 is 74.6 Å². The van der Waals surface area contributed by atoms with E-state index in [0.717, 1.165) is 24.8 Å². The summed E-state index contributed by atoms with van der Waals surface area (Å²) in [5.41, 5.74) is 2.55. The maximum Gasteiger partial charge on any atom is 0.289 e. The second-order valence-electron chi connectivity index (χ2n) is 11.0. The number of anilines is 1. The lowest BCUT2D eigenvalue weighted by Crippen LogP contribution is -2.27. The SMILES string of the molecule is CC(C)(C)[C@H]1CCc2c(sc(N=Cc3ccc(-c4cc(Cl)c([N+](=O)[O-])cc4Cl)o3)c2C(=O)Nc2ccc(Cl)cc2)C1. The first-order valence-electron chi connectivity index (χ1n) is 12.9. The van der Waals surface area contributed by atoms with Gasteiger partial charge >= 0.3 is 0 Å². The van der Waals surface area contributed by atoms with E-state index in [1.807, 2.05) is 0 Å². The first kappa shape index (κ1) is 29.3. The number of nitro benzene ring substituents is 1. The van der Waals surface area contributed by atoms with Crippen molar-refractivity contribution in [3.63, 3.8) is 0 Å². The molecule has 0 radical (unpaired) electrons. The zero-order valence-corrected chi connectivity index (χ0v) is 25.5. The first-order valence-corrected chi connectivity index (χ1v) is 14.8. The molecule has 212 valence electrons. The number of hydrogen-bond donors (Lipinski definition) is 1. The molecule has 2 heterocycles. The monoisotopic (exact) mass is 629 g/mol. The van der Waals surface area contributed by atoms with E-state index in [1.54, 1.807) is 42.6 Å². The van der Waals surface area contributed by atoms with Gasteiger partial charge in [0, 0.05) is 27.2 Å². The Morgan fingerprint density at radius 3 is 2.54 bits per heavy atom. The van der Waals surface area contributed by atoms with Crippen LogP contribution >= 0.6 is 46.1 Å². The molecule has 1 atom stereocenters. The van der Waals surface area contributed by atoms with Crippen molar-refractivity contribution in [1.29, 1.82) is 0 Å². The fraction of sp³-hybridized carbons (Fsp3) is 0.267. The highest BCUT2D eigenvalue weighted by molar-refractivity contribution is 7.16. The van der Waals surface area contributed by atoms with Crippen LogP contribution in [0.4, 0.5) is 16.4 Å². The average Bonchev–Trinajstić information content (AvgIpc) is 3.53. The lowest BCUT2D eigenvalue weighted by Gasteiger charge is -2.33. The molecule has 5 rings (SSSR count). The number of hydrogen-bond acceptors (Lipinski definition) is 6. The minimum atomic E-state index is -0.594. The molecule has 0 bridgehead atoms. The van der Waals surface area contributed by atoms with Gasteiger partial charge in [-0.3, -0.25) is 14.9 Å². The van der Waals surface area contributed by atoms with Gasteiger partial charge in [-0.05, 0) is 78.6 Å². The number of benzene rings is 2. The summed E-state index contributed by atoms with van der Waals surface area (Å²) in [6, 6.07) is 13.0. The van der Waals surface area contributed by atoms with Crippen LogP contribution in [-0.4, -0.2) is 17.0 Å². The van der Waals surface area contributed by atoms with Crippen LogP contribution in [-0.2, 0) is 12.8 Å². The highest BCUT2D eigenvalue weighted by atomic mass is 35.5. The van der Waals surface area contributed by atoms with Gasteiger partial charge in [-0.15, -0.1) is 11.3 Å². The smallest absolute Gasteiger partial charge is 0.289 e. The van der Waals surface area contributed by atoms with Gasteiger partial charge < -0.3 is 9.73 Å². The molecule has 0 saturated heterocycles. The number of thiophene rings is 1. The molecule has 4 aromatic rings. The summed E-state index contributed by atoms with van der Waals surface area (Å²) in [7, 11) is 0. The van der Waals surface area contributed by atoms with Crippen LogP contribution in [0.25, 0.3) is 11.3 Å². The average molecular weight is 631 g/mol. The summed E-state index contributed by atoms with van der Waals surface area (Å²) < 4.78 is 5.93. The third kappa shape index (κ3) is 6.36. The molecule has 0 unspecified atom stereocenters. The Bertz CT molecular complexity index is 1670. The summed E-state index contributed by atoms with van der Waals surface area (Å²) >= 11 is 19.9. The van der Waals surface area contributed by atoms with Gasteiger partial charge in [0.05, 0.1) is 21.7 Å². The number of nitro groups is 1. The van der Waals surface area contributed by atoms with Gasteiger partial charge in [0.1, 0.15) is 21.5 Å². The molecule has 11 heteroatoms. The van der Waals surface area contributed by atoms with Crippen LogP contribution in [0.2, 0.25) is 15.1 Å². The van der Waals surface area contributed by atoms with Crippen LogP contribution in [0.1, 0.15) is 53.8 Å². The van der Waals surface area contributed by atoms with E-state index in [9.17, 15) is 14.9 Å². The second-order valence-corrected chi connectivity index (χ2v) is 13.3. The van der Waals surface area contributed by atoms with E-state index in [1.165, 1.54) is 28.3 Å². The summed E-state index contributed by atoms with van der Waals surface area (Å²) in [5, 5.41) is 15.4. The molecular weight excluding hydrogens is 605 g/mol. The van der Waals surface area contributed by atoms with Crippen molar-refractivity contribution in [2.45, 2.75) is 40.0 Å². The highest BCUT2D eigenvalue weighted by Gasteiger charge is 2.33. The first-order chi connectivity index (χ1) is 19.4. The molecule has 1 aliphatic rings. The topological polar surface area (TPSA) is 97.7 Å². The largest absolute Gasteiger partial charge is 0.455 e. The number of amides is 1. The third-order valence-corrected chi connectivity index (χ3v) is 9.26. The van der Waals surface area contributed by atoms with Crippen LogP contribution in [0.5, 0.6) is 0 Å². The van der Waals surface area contributed by atoms with Gasteiger partial charge in [0.2, 0.25) is 0 Å². The number of fused-ring (bicyclic) bond motifs is 1. The molecule has 0 fully saturated rings. The Kier molecular flexibility index (Phi) is 8.30. The van der Waals surface area contributed by atoms with E-state index in [2.05, 4.69) is 26.1 Å². The van der Waals surface area contributed by atoms with E-state index >= 15 is 0 Å². The number of rotatable bonds is 6. The van der Waals surface area contributed by atoms with E-state index in [0.29, 0.717) is 44.3 Å². The summed E-state index contributed by atoms with van der Waals surface area (Å²) in [4.78, 5) is 30.0. The minimum absolute atomic E-state index is 0.0462. The number of aliphatic imine (C=N–C) groups is 1. The van der Waals surface area contributed by atoms with Gasteiger partial charge in [0.25, 0.3) is 11.6 Å². The molecule has 0 saturated carbocycles. The van der Waals surface area contributed by atoms with Crippen LogP contribution in [0, 0.1) is 21.4 Å². The van der Waals surface area contributed by atoms with Crippen molar-refractivity contribution in [3.05, 3.63) is 95.5 Å². The number of halogens is 3. The molecule has 1 aliphatic carbocycles. The zero-order valence-electron chi connectivity index (χ0n) is 22.5. The Morgan fingerprint density at radius 1 is 1.12 bits per heavy atom. The van der Waals surface area contributed by atoms with E-state index in [-0.39, 0.29) is 27.1 Å². The molecule has 0 aliphatic heterocycles. The maximum absolute atomic E-state index is 13.6. The fourth-order valence-electron chi connectivity index (χ4n) is 4.92. The van der Waals surface area contributed by atoms with Gasteiger partial charge in [0.15, 0.2) is 0 Å². The lowest BCUT2D eigenvalue weighted by molar-refractivity contribution is -0.384. The normalized spacial score (nSPS) is 15.2. The predicted molar refractivity (Wildman–Crippen MR) is 167 cm³/mol. The number of nitrogens with zero attached hydrogens (tertiary/aromatic N) is 2. The minimum Gasteiger partial charge on any atom is -0.455 e. The lowest BCUT2D eigenvalue weighted by atomic mass is 9.72. The quantitative estimate of drug-likeness (QED) is 0.130. The van der Waals surface area contributed by atoms with Gasteiger partial charge in [-0.1, -0.05) is 55.6 Å². The Morgan fingerprint density at radius 2 is 1.85 bits per heavy atom. The van der Waals surface area contributed by atoms with Crippen molar-refractivity contribution in [1.82, 2.24) is 0 Å². The molecular formula is C30H26Cl3N3O4S. The highest BCUT2D eigenvalue weighted by Crippen LogP contribution is 2.45. The Labute approximate surface area is 256 Å². The summed E-state index contributed by atoms with van der Waals surface area (Å²) in [6.45, 7) is 6.76. The van der Waals surface area contributed by atoms with Gasteiger partial charge in [-0.25, -0.2) is 4.99 Å². The zero-order chi connectivity index (χ0) is 29.5. The van der Waals surface area contributed by atoms with E-state index < -0.39 is 4.92 Å². The number of carbonyl (C=O) groups excluding carboxylic acids is 1. The number of furan rings is 1. The molecule has 2 aromatic carbocycles. The van der Waals surface area contributed by atoms with Gasteiger partial charge in [-0.2, -0.15) is 0 Å². The van der Waals surface area contributed by atoms with Crippen LogP contribution < -0.4 is 5.32 Å². The Balaban J connectivity index is 1.47. The number of carbonyl (C=O) groups is 1. The van der Waals surface area contributed by atoms with E-state index in [4.69, 9.17) is 44.2 Å². The fourth-order valence-corrected chi connectivity index (χ4v) is 6.80. The Hall–Kier alpha value is -3.17. The van der Waals surface area contributed by atoms with Crippen molar-refractivity contribution in [3.8, 4) is 11.3 Å². The van der Waals surface area contributed by atoms with Crippen LogP contribution in [0.3, 0.4) is 0 Å². The second kappa shape index (κ2) is 11.6. The third-order valence-electron chi connectivity index (χ3n) is 7.24. The summed E-state index contributed by atoms with van der Waals surface area (Å²) in [6.07, 6.45) is 4.25. The number of nitrogens with one attached hydrogen (secondary N) is 1. The van der Waals surface area contributed by atoms with Crippen molar-refractivity contribution in [2.24, 2.45) is 16.3 Å². The summed E-state index contributed by atoms with van der Waals surface area (Å²) in [5.74, 6) is 1.09. The molecule has 7 nitrogen and oxygen atoms in total. The van der Waals surface area contributed by atoms with Crippen LogP contribution in [0.15, 0.2) is 57.9 Å². The molecule has 2 aromatic heterocycles. The molecule has 1 amide bonds.